The number of piperidine rings is 1. The molecule has 3 rings (SSSR count). The normalized spacial score (nSPS) is 16.6. The van der Waals surface area contributed by atoms with E-state index in [1.165, 1.54) is 23.4 Å². The van der Waals surface area contributed by atoms with Gasteiger partial charge in [-0.25, -0.2) is 0 Å². The van der Waals surface area contributed by atoms with E-state index < -0.39 is 0 Å². The predicted octanol–water partition coefficient (Wildman–Crippen LogP) is 0.437. The summed E-state index contributed by atoms with van der Waals surface area (Å²) < 4.78 is 1.51. The van der Waals surface area contributed by atoms with Crippen molar-refractivity contribution < 1.29 is 14.4 Å². The summed E-state index contributed by atoms with van der Waals surface area (Å²) in [6, 6.07) is 7.08. The molecule has 3 amide bonds. The largest absolute Gasteiger partial charge is 0.369 e. The Balaban J connectivity index is 1.65. The van der Waals surface area contributed by atoms with E-state index in [0.717, 1.165) is 12.8 Å². The van der Waals surface area contributed by atoms with Crippen molar-refractivity contribution in [2.24, 2.45) is 11.7 Å². The van der Waals surface area contributed by atoms with Crippen LogP contribution in [0.15, 0.2) is 29.4 Å². The molecule has 1 aromatic carbocycles. The molecule has 0 spiro atoms. The lowest BCUT2D eigenvalue weighted by Gasteiger charge is -2.31. The maximum absolute atomic E-state index is 12.5. The molecule has 3 N–H and O–H groups in total. The molecule has 148 valence electrons. The molecule has 0 aliphatic carbocycles. The number of primary amides is 1. The van der Waals surface area contributed by atoms with E-state index in [0.29, 0.717) is 29.6 Å². The van der Waals surface area contributed by atoms with Crippen molar-refractivity contribution in [3.63, 3.8) is 0 Å². The van der Waals surface area contributed by atoms with E-state index in [4.69, 9.17) is 5.73 Å². The summed E-state index contributed by atoms with van der Waals surface area (Å²) in [6.45, 7) is 2.41. The second kappa shape index (κ2) is 8.83. The van der Waals surface area contributed by atoms with Gasteiger partial charge >= 0.3 is 0 Å². The molecule has 1 unspecified atom stereocenters. The number of hydrogen-bond acceptors (Lipinski definition) is 7. The zero-order valence-electron chi connectivity index (χ0n) is 15.4. The highest BCUT2D eigenvalue weighted by atomic mass is 32.2. The fourth-order valence-electron chi connectivity index (χ4n) is 3.00. The maximum atomic E-state index is 12.5. The number of carbonyl (C=O) groups excluding carboxylic acids is 3. The summed E-state index contributed by atoms with van der Waals surface area (Å²) >= 11 is 1.21. The average molecular weight is 403 g/mol. The lowest BCUT2D eigenvalue weighted by Crippen LogP contribution is -2.44. The van der Waals surface area contributed by atoms with Crippen LogP contribution in [-0.2, 0) is 14.4 Å². The highest BCUT2D eigenvalue weighted by Gasteiger charge is 2.27. The van der Waals surface area contributed by atoms with Crippen LogP contribution >= 0.6 is 11.8 Å². The number of thioether (sulfide) groups is 1. The Morgan fingerprint density at radius 3 is 2.93 bits per heavy atom. The molecule has 10 nitrogen and oxygen atoms in total. The minimum Gasteiger partial charge on any atom is -0.369 e. The molecule has 1 aromatic heterocycles. The van der Waals surface area contributed by atoms with Gasteiger partial charge in [-0.1, -0.05) is 17.8 Å². The van der Waals surface area contributed by atoms with Gasteiger partial charge in [-0.2, -0.15) is 4.68 Å². The zero-order chi connectivity index (χ0) is 20.1. The van der Waals surface area contributed by atoms with Crippen molar-refractivity contribution in [2.45, 2.75) is 24.9 Å². The van der Waals surface area contributed by atoms with E-state index in [2.05, 4.69) is 20.8 Å². The summed E-state index contributed by atoms with van der Waals surface area (Å²) in [7, 11) is 0. The average Bonchev–Trinajstić information content (AvgIpc) is 3.14. The van der Waals surface area contributed by atoms with E-state index >= 15 is 0 Å². The van der Waals surface area contributed by atoms with Gasteiger partial charge in [0, 0.05) is 25.7 Å². The van der Waals surface area contributed by atoms with Crippen LogP contribution in [0, 0.1) is 5.92 Å². The predicted molar refractivity (Wildman–Crippen MR) is 103 cm³/mol. The number of nitrogens with two attached hydrogens (primary N) is 1. The summed E-state index contributed by atoms with van der Waals surface area (Å²) in [5, 5.41) is 14.8. The molecule has 0 saturated carbocycles. The molecule has 2 heterocycles. The fraction of sp³-hybridized carbons (Fsp3) is 0.412. The summed E-state index contributed by atoms with van der Waals surface area (Å²) in [5.74, 6) is -0.767. The van der Waals surface area contributed by atoms with Gasteiger partial charge in [0.1, 0.15) is 0 Å². The maximum Gasteiger partial charge on any atom is 0.233 e. The first-order valence-corrected chi connectivity index (χ1v) is 9.79. The molecule has 1 atom stereocenters. The van der Waals surface area contributed by atoms with E-state index in [-0.39, 0.29) is 29.4 Å². The molecule has 1 aliphatic heterocycles. The number of carbonyl (C=O) groups is 3. The first-order chi connectivity index (χ1) is 13.4. The molecule has 1 fully saturated rings. The number of anilines is 1. The molecule has 2 aromatic rings. The standard InChI is InChI=1S/C17H21N7O3S/c1-11(25)19-13-5-2-6-14(8-13)24-17(20-21-22-24)28-10-15(26)23-7-3-4-12(9-23)16(18)27/h2,5-6,8,12H,3-4,7,9-10H2,1H3,(H2,18,27)(H,19,25). The molecular formula is C17H21N7O3S. The van der Waals surface area contributed by atoms with Crippen molar-refractivity contribution in [2.75, 3.05) is 24.2 Å². The van der Waals surface area contributed by atoms with Crippen LogP contribution in [0.5, 0.6) is 0 Å². The van der Waals surface area contributed by atoms with Crippen LogP contribution < -0.4 is 11.1 Å². The lowest BCUT2D eigenvalue weighted by molar-refractivity contribution is -0.132. The van der Waals surface area contributed by atoms with E-state index in [1.54, 1.807) is 29.2 Å². The molecule has 0 radical (unpaired) electrons. The summed E-state index contributed by atoms with van der Waals surface area (Å²) in [6.07, 6.45) is 1.48. The van der Waals surface area contributed by atoms with Crippen LogP contribution in [0.2, 0.25) is 0 Å². The van der Waals surface area contributed by atoms with E-state index in [1.807, 2.05) is 0 Å². The Bertz CT molecular complexity index is 885. The topological polar surface area (TPSA) is 136 Å². The van der Waals surface area contributed by atoms with Crippen LogP contribution in [0.1, 0.15) is 19.8 Å². The fourth-order valence-corrected chi connectivity index (χ4v) is 3.80. The zero-order valence-corrected chi connectivity index (χ0v) is 16.2. The molecule has 1 aliphatic rings. The van der Waals surface area contributed by atoms with Crippen molar-refractivity contribution >= 4 is 35.2 Å². The van der Waals surface area contributed by atoms with Gasteiger partial charge in [-0.15, -0.1) is 5.10 Å². The van der Waals surface area contributed by atoms with Gasteiger partial charge in [0.2, 0.25) is 22.9 Å². The number of rotatable bonds is 6. The number of tetrazole rings is 1. The first-order valence-electron chi connectivity index (χ1n) is 8.80. The molecule has 0 bridgehead atoms. The SMILES string of the molecule is CC(=O)Nc1cccc(-n2nnnc2SCC(=O)N2CCCC(C(N)=O)C2)c1. The first kappa shape index (κ1) is 19.8. The lowest BCUT2D eigenvalue weighted by atomic mass is 9.97. The Morgan fingerprint density at radius 1 is 1.36 bits per heavy atom. The quantitative estimate of drug-likeness (QED) is 0.668. The van der Waals surface area contributed by atoms with Gasteiger partial charge in [-0.05, 0) is 41.5 Å². The van der Waals surface area contributed by atoms with Crippen molar-refractivity contribution in [3.05, 3.63) is 24.3 Å². The van der Waals surface area contributed by atoms with Gasteiger partial charge < -0.3 is 16.0 Å². The van der Waals surface area contributed by atoms with Crippen molar-refractivity contribution in [3.8, 4) is 5.69 Å². The monoisotopic (exact) mass is 403 g/mol. The highest BCUT2D eigenvalue weighted by molar-refractivity contribution is 7.99. The third kappa shape index (κ3) is 4.85. The Hall–Kier alpha value is -2.95. The van der Waals surface area contributed by atoms with Crippen LogP contribution in [-0.4, -0.2) is 61.7 Å². The summed E-state index contributed by atoms with van der Waals surface area (Å²) in [5.41, 5.74) is 6.66. The van der Waals surface area contributed by atoms with Gasteiger partial charge in [-0.3, -0.25) is 14.4 Å². The number of amides is 3. The summed E-state index contributed by atoms with van der Waals surface area (Å²) in [4.78, 5) is 36.8. The molecule has 1 saturated heterocycles. The third-order valence-corrected chi connectivity index (χ3v) is 5.26. The molecule has 28 heavy (non-hydrogen) atoms. The second-order valence-corrected chi connectivity index (χ2v) is 7.42. The van der Waals surface area contributed by atoms with Crippen LogP contribution in [0.4, 0.5) is 5.69 Å². The minimum absolute atomic E-state index is 0.0857. The van der Waals surface area contributed by atoms with Crippen molar-refractivity contribution in [1.29, 1.82) is 0 Å². The van der Waals surface area contributed by atoms with Crippen molar-refractivity contribution in [1.82, 2.24) is 25.1 Å². The number of nitrogens with zero attached hydrogens (tertiary/aromatic N) is 5. The van der Waals surface area contributed by atoms with Crippen LogP contribution in [0.3, 0.4) is 0 Å². The number of nitrogens with one attached hydrogen (secondary N) is 1. The Morgan fingerprint density at radius 2 is 2.18 bits per heavy atom. The van der Waals surface area contributed by atoms with Gasteiger partial charge in [0.25, 0.3) is 0 Å². The highest BCUT2D eigenvalue weighted by Crippen LogP contribution is 2.22. The second-order valence-electron chi connectivity index (χ2n) is 6.47. The molecule has 11 heteroatoms. The molecular weight excluding hydrogens is 382 g/mol. The Kier molecular flexibility index (Phi) is 6.24. The third-order valence-electron chi connectivity index (χ3n) is 4.35. The van der Waals surface area contributed by atoms with E-state index in [9.17, 15) is 14.4 Å². The van der Waals surface area contributed by atoms with Gasteiger partial charge in [0.05, 0.1) is 17.4 Å². The number of likely N-dealkylation sites (tertiary alicyclic amines) is 1. The number of benzene rings is 1. The smallest absolute Gasteiger partial charge is 0.233 e. The Labute approximate surface area is 165 Å². The number of hydrogen-bond donors (Lipinski definition) is 2. The number of aromatic nitrogens is 4. The minimum atomic E-state index is -0.367. The van der Waals surface area contributed by atoms with Crippen LogP contribution in [0.25, 0.3) is 5.69 Å². The van der Waals surface area contributed by atoms with Gasteiger partial charge in [0.15, 0.2) is 0 Å².